The molecule has 0 radical (unpaired) electrons. The standard InChI is InChI=1S/C13H22N3O7P/c1-13(2,3)9-7(6-22-24(19,20)21)23-11(10(9)17)16-5-4-8(14)15-12(16)18/h4-5,7,9-11,17H,6H2,1-3H3,(H2,14,15,18)(H2,19,20,21). The van der Waals surface area contributed by atoms with Crippen LogP contribution in [0.4, 0.5) is 5.82 Å². The lowest BCUT2D eigenvalue weighted by molar-refractivity contribution is -0.0537. The maximum Gasteiger partial charge on any atom is 0.469 e. The SMILES string of the molecule is CC(C)(C)C1C(COP(=O)(O)O)OC(n2ccc(N)nc2=O)C1O. The topological polar surface area (TPSA) is 157 Å². The van der Waals surface area contributed by atoms with Gasteiger partial charge in [0.2, 0.25) is 0 Å². The maximum absolute atomic E-state index is 12.0. The second-order valence-electron chi connectivity index (χ2n) is 6.78. The van der Waals surface area contributed by atoms with Crippen LogP contribution >= 0.6 is 7.82 Å². The van der Waals surface area contributed by atoms with E-state index in [1.54, 1.807) is 0 Å². The van der Waals surface area contributed by atoms with Crippen molar-refractivity contribution in [2.75, 3.05) is 12.3 Å². The van der Waals surface area contributed by atoms with Crippen LogP contribution in [-0.4, -0.2) is 43.3 Å². The Labute approximate surface area is 138 Å². The number of hydrogen-bond donors (Lipinski definition) is 4. The van der Waals surface area contributed by atoms with E-state index < -0.39 is 49.9 Å². The number of aromatic nitrogens is 2. The van der Waals surface area contributed by atoms with Crippen LogP contribution in [-0.2, 0) is 13.8 Å². The average molecular weight is 363 g/mol. The zero-order valence-corrected chi connectivity index (χ0v) is 14.5. The first-order valence-corrected chi connectivity index (χ1v) is 8.81. The lowest BCUT2D eigenvalue weighted by Crippen LogP contribution is -2.39. The molecule has 0 spiro atoms. The van der Waals surface area contributed by atoms with Gasteiger partial charge in [0.15, 0.2) is 6.23 Å². The summed E-state index contributed by atoms with van der Waals surface area (Å²) in [6, 6.07) is 1.39. The van der Waals surface area contributed by atoms with Crippen LogP contribution in [0.15, 0.2) is 17.1 Å². The molecule has 10 nitrogen and oxygen atoms in total. The van der Waals surface area contributed by atoms with Gasteiger partial charge in [-0.05, 0) is 11.5 Å². The highest BCUT2D eigenvalue weighted by Crippen LogP contribution is 2.45. The van der Waals surface area contributed by atoms with E-state index in [4.69, 9.17) is 20.3 Å². The van der Waals surface area contributed by atoms with Crippen molar-refractivity contribution in [1.82, 2.24) is 9.55 Å². The number of phosphoric acid groups is 1. The Morgan fingerprint density at radius 3 is 2.58 bits per heavy atom. The third kappa shape index (κ3) is 4.21. The molecule has 4 unspecified atom stereocenters. The Bertz CT molecular complexity index is 696. The normalized spacial score (nSPS) is 28.2. The molecule has 1 saturated heterocycles. The number of rotatable bonds is 4. The molecular formula is C13H22N3O7P. The zero-order valence-electron chi connectivity index (χ0n) is 13.6. The second kappa shape index (κ2) is 6.55. The quantitative estimate of drug-likeness (QED) is 0.534. The largest absolute Gasteiger partial charge is 0.469 e. The van der Waals surface area contributed by atoms with Crippen LogP contribution in [0.5, 0.6) is 0 Å². The number of nitrogens with two attached hydrogens (primary N) is 1. The van der Waals surface area contributed by atoms with Crippen molar-refractivity contribution in [2.45, 2.75) is 39.2 Å². The highest BCUT2D eigenvalue weighted by Gasteiger charge is 2.50. The lowest BCUT2D eigenvalue weighted by Gasteiger charge is -2.32. The summed E-state index contributed by atoms with van der Waals surface area (Å²) in [7, 11) is -4.68. The smallest absolute Gasteiger partial charge is 0.388 e. The molecule has 0 aliphatic carbocycles. The molecule has 2 heterocycles. The van der Waals surface area contributed by atoms with Crippen molar-refractivity contribution in [3.63, 3.8) is 0 Å². The molecule has 0 amide bonds. The molecule has 136 valence electrons. The monoisotopic (exact) mass is 363 g/mol. The van der Waals surface area contributed by atoms with Crippen molar-refractivity contribution >= 4 is 13.6 Å². The van der Waals surface area contributed by atoms with Crippen molar-refractivity contribution in [1.29, 1.82) is 0 Å². The Kier molecular flexibility index (Phi) is 5.19. The number of aliphatic hydroxyl groups is 1. The summed E-state index contributed by atoms with van der Waals surface area (Å²) in [5.41, 5.74) is 4.28. The molecule has 1 fully saturated rings. The van der Waals surface area contributed by atoms with Gasteiger partial charge >= 0.3 is 13.5 Å². The van der Waals surface area contributed by atoms with Gasteiger partial charge in [0, 0.05) is 12.1 Å². The minimum Gasteiger partial charge on any atom is -0.388 e. The third-order valence-electron chi connectivity index (χ3n) is 3.91. The summed E-state index contributed by atoms with van der Waals surface area (Å²) >= 11 is 0. The van der Waals surface area contributed by atoms with Gasteiger partial charge in [-0.2, -0.15) is 4.98 Å². The molecule has 1 aliphatic rings. The number of phosphoric ester groups is 1. The number of ether oxygens (including phenoxy) is 1. The van der Waals surface area contributed by atoms with Gasteiger partial charge < -0.3 is 25.4 Å². The predicted molar refractivity (Wildman–Crippen MR) is 83.8 cm³/mol. The average Bonchev–Trinajstić information content (AvgIpc) is 2.72. The summed E-state index contributed by atoms with van der Waals surface area (Å²) in [4.78, 5) is 33.3. The molecule has 1 aliphatic heterocycles. The lowest BCUT2D eigenvalue weighted by atomic mass is 9.75. The highest BCUT2D eigenvalue weighted by atomic mass is 31.2. The number of nitrogens with zero attached hydrogens (tertiary/aromatic N) is 2. The van der Waals surface area contributed by atoms with Gasteiger partial charge in [-0.1, -0.05) is 20.8 Å². The second-order valence-corrected chi connectivity index (χ2v) is 8.02. The minimum absolute atomic E-state index is 0.0393. The first kappa shape index (κ1) is 19.0. The van der Waals surface area contributed by atoms with Crippen molar-refractivity contribution < 1.29 is 28.7 Å². The fourth-order valence-corrected chi connectivity index (χ4v) is 3.32. The number of anilines is 1. The van der Waals surface area contributed by atoms with Crippen LogP contribution in [0, 0.1) is 11.3 Å². The van der Waals surface area contributed by atoms with Crippen LogP contribution in [0.1, 0.15) is 27.0 Å². The molecule has 0 bridgehead atoms. The molecule has 11 heteroatoms. The number of nitrogen functional groups attached to an aromatic ring is 1. The maximum atomic E-state index is 12.0. The summed E-state index contributed by atoms with van der Waals surface area (Å²) in [5, 5.41) is 10.6. The Hall–Kier alpha value is -1.29. The van der Waals surface area contributed by atoms with E-state index >= 15 is 0 Å². The Morgan fingerprint density at radius 2 is 2.08 bits per heavy atom. The molecule has 2 rings (SSSR count). The van der Waals surface area contributed by atoms with Gasteiger partial charge in [0.1, 0.15) is 11.9 Å². The Morgan fingerprint density at radius 1 is 1.46 bits per heavy atom. The van der Waals surface area contributed by atoms with Gasteiger partial charge in [-0.25, -0.2) is 9.36 Å². The molecule has 24 heavy (non-hydrogen) atoms. The molecule has 5 N–H and O–H groups in total. The van der Waals surface area contributed by atoms with E-state index in [-0.39, 0.29) is 5.82 Å². The molecule has 1 aromatic rings. The van der Waals surface area contributed by atoms with Gasteiger partial charge in [0.25, 0.3) is 0 Å². The first-order chi connectivity index (χ1) is 10.9. The van der Waals surface area contributed by atoms with Crippen LogP contribution in [0.2, 0.25) is 0 Å². The number of aliphatic hydroxyl groups excluding tert-OH is 1. The van der Waals surface area contributed by atoms with E-state index in [0.29, 0.717) is 0 Å². The summed E-state index contributed by atoms with van der Waals surface area (Å²) < 4.78 is 22.2. The van der Waals surface area contributed by atoms with E-state index in [1.165, 1.54) is 12.3 Å². The van der Waals surface area contributed by atoms with E-state index in [1.807, 2.05) is 20.8 Å². The van der Waals surface area contributed by atoms with Crippen molar-refractivity contribution in [3.8, 4) is 0 Å². The minimum atomic E-state index is -4.68. The zero-order chi connectivity index (χ0) is 18.3. The van der Waals surface area contributed by atoms with Crippen LogP contribution < -0.4 is 11.4 Å². The summed E-state index contributed by atoms with van der Waals surface area (Å²) in [6.45, 7) is 5.13. The number of hydrogen-bond acceptors (Lipinski definition) is 7. The predicted octanol–water partition coefficient (Wildman–Crippen LogP) is -0.145. The molecule has 0 saturated carbocycles. The van der Waals surface area contributed by atoms with E-state index in [2.05, 4.69) is 9.51 Å². The van der Waals surface area contributed by atoms with Gasteiger partial charge in [-0.3, -0.25) is 9.09 Å². The molecular weight excluding hydrogens is 341 g/mol. The fourth-order valence-electron chi connectivity index (χ4n) is 2.97. The summed E-state index contributed by atoms with van der Waals surface area (Å²) in [6.07, 6.45) is -1.62. The molecule has 1 aromatic heterocycles. The van der Waals surface area contributed by atoms with Crippen LogP contribution in [0.3, 0.4) is 0 Å². The molecule has 0 aromatic carbocycles. The fraction of sp³-hybridized carbons (Fsp3) is 0.692. The van der Waals surface area contributed by atoms with Crippen molar-refractivity contribution in [3.05, 3.63) is 22.7 Å². The summed E-state index contributed by atoms with van der Waals surface area (Å²) in [5.74, 6) is -0.490. The van der Waals surface area contributed by atoms with Crippen LogP contribution in [0.25, 0.3) is 0 Å². The van der Waals surface area contributed by atoms with Gasteiger partial charge in [-0.15, -0.1) is 0 Å². The van der Waals surface area contributed by atoms with E-state index in [9.17, 15) is 14.5 Å². The van der Waals surface area contributed by atoms with Gasteiger partial charge in [0.05, 0.1) is 12.7 Å². The molecule has 4 atom stereocenters. The Balaban J connectivity index is 2.32. The van der Waals surface area contributed by atoms with E-state index in [0.717, 1.165) is 4.57 Å². The third-order valence-corrected chi connectivity index (χ3v) is 4.39. The first-order valence-electron chi connectivity index (χ1n) is 7.28. The highest BCUT2D eigenvalue weighted by molar-refractivity contribution is 7.46. The van der Waals surface area contributed by atoms with Crippen molar-refractivity contribution in [2.24, 2.45) is 11.3 Å².